The van der Waals surface area contributed by atoms with Gasteiger partial charge in [-0.05, 0) is 29.8 Å². The van der Waals surface area contributed by atoms with Crippen LogP contribution in [0.5, 0.6) is 11.5 Å². The molecule has 5 nitrogen and oxygen atoms in total. The Morgan fingerprint density at radius 2 is 1.72 bits per heavy atom. The minimum Gasteiger partial charge on any atom is -0.497 e. The van der Waals surface area contributed by atoms with Crippen molar-refractivity contribution in [3.05, 3.63) is 60.2 Å². The third kappa shape index (κ3) is 4.73. The Balaban J connectivity index is 1.57. The smallest absolute Gasteiger partial charge is 0.306 e. The van der Waals surface area contributed by atoms with Crippen LogP contribution < -0.4 is 9.47 Å². The van der Waals surface area contributed by atoms with E-state index >= 15 is 0 Å². The van der Waals surface area contributed by atoms with E-state index in [1.807, 2.05) is 54.6 Å². The maximum Gasteiger partial charge on any atom is 0.306 e. The maximum absolute atomic E-state index is 11.6. The first-order valence-corrected chi connectivity index (χ1v) is 8.29. The third-order valence-electron chi connectivity index (χ3n) is 4.15. The van der Waals surface area contributed by atoms with Gasteiger partial charge < -0.3 is 18.9 Å². The van der Waals surface area contributed by atoms with Gasteiger partial charge in [-0.25, -0.2) is 0 Å². The number of carbonyl (C=O) groups excluding carboxylic acids is 1. The Bertz CT molecular complexity index is 683. The average molecular weight is 342 g/mol. The molecule has 1 aliphatic heterocycles. The predicted octanol–water partition coefficient (Wildman–Crippen LogP) is 3.37. The van der Waals surface area contributed by atoms with Crippen LogP contribution in [0.2, 0.25) is 0 Å². The normalized spacial score (nSPS) is 19.5. The molecule has 1 atom stereocenters. The van der Waals surface area contributed by atoms with Gasteiger partial charge in [0.2, 0.25) is 0 Å². The molecule has 0 aromatic heterocycles. The molecule has 1 fully saturated rings. The first-order chi connectivity index (χ1) is 12.2. The lowest BCUT2D eigenvalue weighted by Crippen LogP contribution is -2.40. The van der Waals surface area contributed by atoms with Crippen LogP contribution in [0.15, 0.2) is 54.6 Å². The molecule has 0 saturated carbocycles. The van der Waals surface area contributed by atoms with E-state index in [1.54, 1.807) is 7.11 Å². The number of carbonyl (C=O) groups is 1. The van der Waals surface area contributed by atoms with E-state index in [2.05, 4.69) is 0 Å². The quantitative estimate of drug-likeness (QED) is 0.689. The Morgan fingerprint density at radius 1 is 1.00 bits per heavy atom. The molecule has 0 N–H and O–H groups in total. The van der Waals surface area contributed by atoms with E-state index in [0.29, 0.717) is 31.8 Å². The van der Waals surface area contributed by atoms with Gasteiger partial charge in [0, 0.05) is 12.8 Å². The second kappa shape index (κ2) is 8.03. The molecule has 25 heavy (non-hydrogen) atoms. The molecule has 0 unspecified atom stereocenters. The minimum atomic E-state index is -0.730. The largest absolute Gasteiger partial charge is 0.497 e. The first kappa shape index (κ1) is 17.3. The molecule has 0 aliphatic carbocycles. The average Bonchev–Trinajstić information content (AvgIpc) is 3.02. The van der Waals surface area contributed by atoms with E-state index in [-0.39, 0.29) is 12.6 Å². The Morgan fingerprint density at radius 3 is 2.36 bits per heavy atom. The molecule has 0 spiro atoms. The van der Waals surface area contributed by atoms with E-state index in [9.17, 15) is 4.79 Å². The number of cyclic esters (lactones) is 1. The molecule has 1 heterocycles. The lowest BCUT2D eigenvalue weighted by Gasteiger charge is -2.27. The molecule has 132 valence electrons. The summed E-state index contributed by atoms with van der Waals surface area (Å²) in [7, 11) is 1.62. The van der Waals surface area contributed by atoms with E-state index in [0.717, 1.165) is 11.3 Å². The Kier molecular flexibility index (Phi) is 5.56. The van der Waals surface area contributed by atoms with Gasteiger partial charge in [0.1, 0.15) is 18.1 Å². The highest BCUT2D eigenvalue weighted by molar-refractivity contribution is 5.72. The van der Waals surface area contributed by atoms with Crippen LogP contribution in [-0.4, -0.2) is 31.9 Å². The fourth-order valence-electron chi connectivity index (χ4n) is 2.73. The van der Waals surface area contributed by atoms with E-state index in [1.165, 1.54) is 0 Å². The van der Waals surface area contributed by atoms with Crippen molar-refractivity contribution < 1.29 is 23.7 Å². The van der Waals surface area contributed by atoms with Crippen molar-refractivity contribution >= 4 is 5.97 Å². The molecule has 3 rings (SSSR count). The van der Waals surface area contributed by atoms with Gasteiger partial charge in [-0.3, -0.25) is 4.79 Å². The zero-order valence-electron chi connectivity index (χ0n) is 14.3. The van der Waals surface area contributed by atoms with Crippen LogP contribution in [0.3, 0.4) is 0 Å². The topological polar surface area (TPSA) is 54.0 Å². The summed E-state index contributed by atoms with van der Waals surface area (Å²) in [4.78, 5) is 11.6. The Hall–Kier alpha value is -2.53. The van der Waals surface area contributed by atoms with Gasteiger partial charge >= 0.3 is 5.97 Å². The highest BCUT2D eigenvalue weighted by Crippen LogP contribution is 2.29. The number of esters is 1. The maximum atomic E-state index is 11.6. The van der Waals surface area contributed by atoms with Gasteiger partial charge in [0.15, 0.2) is 5.60 Å². The van der Waals surface area contributed by atoms with E-state index < -0.39 is 5.60 Å². The van der Waals surface area contributed by atoms with Crippen molar-refractivity contribution in [3.63, 3.8) is 0 Å². The van der Waals surface area contributed by atoms with Crippen molar-refractivity contribution in [3.8, 4) is 11.5 Å². The fourth-order valence-corrected chi connectivity index (χ4v) is 2.73. The molecule has 1 saturated heterocycles. The predicted molar refractivity (Wildman–Crippen MR) is 92.6 cm³/mol. The van der Waals surface area contributed by atoms with Crippen LogP contribution in [0.4, 0.5) is 0 Å². The van der Waals surface area contributed by atoms with Gasteiger partial charge in [0.25, 0.3) is 0 Å². The first-order valence-electron chi connectivity index (χ1n) is 8.29. The molecule has 0 bridgehead atoms. The molecule has 0 radical (unpaired) electrons. The van der Waals surface area contributed by atoms with Crippen LogP contribution in [0.25, 0.3) is 0 Å². The number of ether oxygens (including phenoxy) is 4. The highest BCUT2D eigenvalue weighted by Gasteiger charge is 2.41. The standard InChI is InChI=1S/C20H22O5/c1-22-17-7-9-18(10-8-17)24-15-20(12-11-19(21)25-20)14-23-13-16-5-3-2-4-6-16/h2-10H,11-15H2,1H3/t20-/m0/s1. The van der Waals surface area contributed by atoms with Crippen molar-refractivity contribution in [1.82, 2.24) is 0 Å². The molecular weight excluding hydrogens is 320 g/mol. The summed E-state index contributed by atoms with van der Waals surface area (Å²) in [5.41, 5.74) is 0.351. The molecule has 5 heteroatoms. The Labute approximate surface area is 147 Å². The van der Waals surface area contributed by atoms with Crippen molar-refractivity contribution in [1.29, 1.82) is 0 Å². The zero-order valence-corrected chi connectivity index (χ0v) is 14.3. The van der Waals surface area contributed by atoms with Gasteiger partial charge in [0.05, 0.1) is 20.3 Å². The molecule has 1 aliphatic rings. The summed E-state index contributed by atoms with van der Waals surface area (Å²) >= 11 is 0. The second-order valence-corrected chi connectivity index (χ2v) is 6.10. The van der Waals surface area contributed by atoms with Crippen molar-refractivity contribution in [2.45, 2.75) is 25.0 Å². The summed E-state index contributed by atoms with van der Waals surface area (Å²) in [6.45, 7) is 1.05. The minimum absolute atomic E-state index is 0.207. The number of hydrogen-bond donors (Lipinski definition) is 0. The van der Waals surface area contributed by atoms with Crippen molar-refractivity contribution in [2.24, 2.45) is 0 Å². The zero-order chi connectivity index (χ0) is 17.5. The monoisotopic (exact) mass is 342 g/mol. The highest BCUT2D eigenvalue weighted by atomic mass is 16.6. The third-order valence-corrected chi connectivity index (χ3v) is 4.15. The summed E-state index contributed by atoms with van der Waals surface area (Å²) in [6.07, 6.45) is 0.984. The lowest BCUT2D eigenvalue weighted by atomic mass is 10.0. The van der Waals surface area contributed by atoms with E-state index in [4.69, 9.17) is 18.9 Å². The van der Waals surface area contributed by atoms with Crippen LogP contribution >= 0.6 is 0 Å². The van der Waals surface area contributed by atoms with Crippen LogP contribution in [0.1, 0.15) is 18.4 Å². The number of methoxy groups -OCH3 is 1. The summed E-state index contributed by atoms with van der Waals surface area (Å²) in [5.74, 6) is 1.26. The fraction of sp³-hybridized carbons (Fsp3) is 0.350. The SMILES string of the molecule is COc1ccc(OC[C@@]2(COCc3ccccc3)CCC(=O)O2)cc1. The van der Waals surface area contributed by atoms with Gasteiger partial charge in [-0.2, -0.15) is 0 Å². The van der Waals surface area contributed by atoms with Crippen molar-refractivity contribution in [2.75, 3.05) is 20.3 Å². The second-order valence-electron chi connectivity index (χ2n) is 6.10. The molecule has 2 aromatic carbocycles. The van der Waals surface area contributed by atoms with Gasteiger partial charge in [-0.15, -0.1) is 0 Å². The summed E-state index contributed by atoms with van der Waals surface area (Å²) in [5, 5.41) is 0. The lowest BCUT2D eigenvalue weighted by molar-refractivity contribution is -0.157. The van der Waals surface area contributed by atoms with Crippen LogP contribution in [0, 0.1) is 0 Å². The summed E-state index contributed by atoms with van der Waals surface area (Å²) < 4.78 is 22.3. The number of rotatable bonds is 8. The molecule has 0 amide bonds. The van der Waals surface area contributed by atoms with Gasteiger partial charge in [-0.1, -0.05) is 30.3 Å². The molecule has 2 aromatic rings. The summed E-state index contributed by atoms with van der Waals surface area (Å²) in [6, 6.07) is 17.2. The molecular formula is C20H22O5. The number of benzene rings is 2. The van der Waals surface area contributed by atoms with Crippen LogP contribution in [-0.2, 0) is 20.9 Å². The number of hydrogen-bond acceptors (Lipinski definition) is 5.